The highest BCUT2D eigenvalue weighted by Crippen LogP contribution is 2.26. The molecule has 0 bridgehead atoms. The normalized spacial score (nSPS) is 10.2. The molecule has 2 aromatic rings. The molecular formula is C14H11BrClNO2. The molecule has 3 nitrogen and oxygen atoms in total. The van der Waals surface area contributed by atoms with Crippen LogP contribution in [0.5, 0.6) is 5.75 Å². The van der Waals surface area contributed by atoms with Crippen LogP contribution in [0, 0.1) is 0 Å². The van der Waals surface area contributed by atoms with Gasteiger partial charge in [-0.15, -0.1) is 0 Å². The Bertz CT molecular complexity index is 616. The summed E-state index contributed by atoms with van der Waals surface area (Å²) >= 11 is 9.28. The second-order valence-corrected chi connectivity index (χ2v) is 5.34. The van der Waals surface area contributed by atoms with E-state index in [0.717, 1.165) is 10.0 Å². The van der Waals surface area contributed by atoms with Crippen molar-refractivity contribution in [1.82, 2.24) is 0 Å². The van der Waals surface area contributed by atoms with Gasteiger partial charge in [0.1, 0.15) is 5.75 Å². The monoisotopic (exact) mass is 339 g/mol. The Balaban J connectivity index is 2.05. The van der Waals surface area contributed by atoms with E-state index in [2.05, 4.69) is 21.2 Å². The lowest BCUT2D eigenvalue weighted by atomic mass is 10.1. The first-order valence-electron chi connectivity index (χ1n) is 5.57. The number of phenolic OH excluding ortho intramolecular Hbond substituents is 1. The molecule has 2 aromatic carbocycles. The Labute approximate surface area is 124 Å². The highest BCUT2D eigenvalue weighted by atomic mass is 79.9. The van der Waals surface area contributed by atoms with Gasteiger partial charge in [0, 0.05) is 10.5 Å². The highest BCUT2D eigenvalue weighted by molar-refractivity contribution is 9.10. The van der Waals surface area contributed by atoms with E-state index < -0.39 is 0 Å². The SMILES string of the molecule is O=C(Cc1cccc(Br)c1)Nc1ccc(O)cc1Cl. The Kier molecular flexibility index (Phi) is 4.45. The molecular weight excluding hydrogens is 330 g/mol. The molecule has 2 rings (SSSR count). The summed E-state index contributed by atoms with van der Waals surface area (Å²) in [5.74, 6) is -0.0966. The minimum absolute atomic E-state index is 0.0648. The van der Waals surface area contributed by atoms with Gasteiger partial charge in [0.05, 0.1) is 17.1 Å². The van der Waals surface area contributed by atoms with Crippen molar-refractivity contribution in [3.8, 4) is 5.75 Å². The third kappa shape index (κ3) is 3.98. The summed E-state index contributed by atoms with van der Waals surface area (Å²) in [6.45, 7) is 0. The molecule has 0 saturated heterocycles. The summed E-state index contributed by atoms with van der Waals surface area (Å²) in [6.07, 6.45) is 0.261. The van der Waals surface area contributed by atoms with E-state index in [1.54, 1.807) is 6.07 Å². The number of benzene rings is 2. The Morgan fingerprint density at radius 1 is 1.26 bits per heavy atom. The first-order chi connectivity index (χ1) is 9.04. The van der Waals surface area contributed by atoms with E-state index in [4.69, 9.17) is 11.6 Å². The van der Waals surface area contributed by atoms with E-state index in [1.807, 2.05) is 24.3 Å². The van der Waals surface area contributed by atoms with Gasteiger partial charge >= 0.3 is 0 Å². The average molecular weight is 341 g/mol. The lowest BCUT2D eigenvalue weighted by Crippen LogP contribution is -2.14. The molecule has 0 fully saturated rings. The molecule has 0 atom stereocenters. The molecule has 0 radical (unpaired) electrons. The van der Waals surface area contributed by atoms with Crippen LogP contribution in [0.3, 0.4) is 0 Å². The van der Waals surface area contributed by atoms with Crippen LogP contribution in [0.25, 0.3) is 0 Å². The van der Waals surface area contributed by atoms with Crippen molar-refractivity contribution in [2.24, 2.45) is 0 Å². The molecule has 1 amide bonds. The lowest BCUT2D eigenvalue weighted by Gasteiger charge is -2.07. The van der Waals surface area contributed by atoms with E-state index >= 15 is 0 Å². The van der Waals surface area contributed by atoms with Gasteiger partial charge in [0.2, 0.25) is 5.91 Å². The second-order valence-electron chi connectivity index (χ2n) is 4.02. The minimum atomic E-state index is -0.161. The zero-order valence-corrected chi connectivity index (χ0v) is 12.2. The Morgan fingerprint density at radius 2 is 2.05 bits per heavy atom. The molecule has 0 unspecified atom stereocenters. The van der Waals surface area contributed by atoms with Crippen LogP contribution in [-0.4, -0.2) is 11.0 Å². The van der Waals surface area contributed by atoms with Crippen molar-refractivity contribution >= 4 is 39.1 Å². The topological polar surface area (TPSA) is 49.3 Å². The molecule has 0 aliphatic carbocycles. The van der Waals surface area contributed by atoms with Crippen LogP contribution in [0.15, 0.2) is 46.9 Å². The van der Waals surface area contributed by atoms with Crippen molar-refractivity contribution in [1.29, 1.82) is 0 Å². The fraction of sp³-hybridized carbons (Fsp3) is 0.0714. The fourth-order valence-corrected chi connectivity index (χ4v) is 2.30. The number of phenols is 1. The number of hydrogen-bond donors (Lipinski definition) is 2. The molecule has 5 heteroatoms. The van der Waals surface area contributed by atoms with Crippen LogP contribution in [-0.2, 0) is 11.2 Å². The fourth-order valence-electron chi connectivity index (χ4n) is 1.63. The largest absolute Gasteiger partial charge is 0.508 e. The van der Waals surface area contributed by atoms with Gasteiger partial charge in [-0.25, -0.2) is 0 Å². The van der Waals surface area contributed by atoms with Crippen molar-refractivity contribution in [2.75, 3.05) is 5.32 Å². The maximum absolute atomic E-state index is 11.9. The number of halogens is 2. The molecule has 19 heavy (non-hydrogen) atoms. The first-order valence-corrected chi connectivity index (χ1v) is 6.74. The summed E-state index contributed by atoms with van der Waals surface area (Å²) in [5, 5.41) is 12.3. The predicted molar refractivity (Wildman–Crippen MR) is 79.6 cm³/mol. The van der Waals surface area contributed by atoms with Crippen LogP contribution < -0.4 is 5.32 Å². The van der Waals surface area contributed by atoms with Crippen LogP contribution >= 0.6 is 27.5 Å². The summed E-state index contributed by atoms with van der Waals surface area (Å²) in [7, 11) is 0. The molecule has 0 aliphatic heterocycles. The third-order valence-electron chi connectivity index (χ3n) is 2.48. The number of hydrogen-bond acceptors (Lipinski definition) is 2. The molecule has 0 spiro atoms. The van der Waals surface area contributed by atoms with Crippen molar-refractivity contribution < 1.29 is 9.90 Å². The van der Waals surface area contributed by atoms with E-state index in [-0.39, 0.29) is 18.1 Å². The van der Waals surface area contributed by atoms with Gasteiger partial charge in [-0.3, -0.25) is 4.79 Å². The smallest absolute Gasteiger partial charge is 0.228 e. The van der Waals surface area contributed by atoms with Crippen molar-refractivity contribution in [3.63, 3.8) is 0 Å². The molecule has 2 N–H and O–H groups in total. The summed E-state index contributed by atoms with van der Waals surface area (Å²) in [5.41, 5.74) is 1.39. The first kappa shape index (κ1) is 13.9. The van der Waals surface area contributed by atoms with E-state index in [0.29, 0.717) is 10.7 Å². The number of nitrogens with one attached hydrogen (secondary N) is 1. The van der Waals surface area contributed by atoms with Crippen LogP contribution in [0.2, 0.25) is 5.02 Å². The maximum atomic E-state index is 11.9. The summed E-state index contributed by atoms with van der Waals surface area (Å²) in [6, 6.07) is 12.0. The lowest BCUT2D eigenvalue weighted by molar-refractivity contribution is -0.115. The van der Waals surface area contributed by atoms with Gasteiger partial charge < -0.3 is 10.4 Å². The number of carbonyl (C=O) groups is 1. The number of amides is 1. The van der Waals surface area contributed by atoms with Crippen LogP contribution in [0.4, 0.5) is 5.69 Å². The third-order valence-corrected chi connectivity index (χ3v) is 3.29. The van der Waals surface area contributed by atoms with Gasteiger partial charge in [0.15, 0.2) is 0 Å². The highest BCUT2D eigenvalue weighted by Gasteiger charge is 2.07. The predicted octanol–water partition coefficient (Wildman–Crippen LogP) is 3.99. The van der Waals surface area contributed by atoms with Crippen molar-refractivity contribution in [2.45, 2.75) is 6.42 Å². The molecule has 98 valence electrons. The quantitative estimate of drug-likeness (QED) is 0.830. The second kappa shape index (κ2) is 6.08. The standard InChI is InChI=1S/C14H11BrClNO2/c15-10-3-1-2-9(6-10)7-14(19)17-13-5-4-11(18)8-12(13)16/h1-6,8,18H,7H2,(H,17,19). The molecule has 0 aromatic heterocycles. The van der Waals surface area contributed by atoms with Gasteiger partial charge in [0.25, 0.3) is 0 Å². The molecule has 0 aliphatic rings. The maximum Gasteiger partial charge on any atom is 0.228 e. The van der Waals surface area contributed by atoms with E-state index in [9.17, 15) is 9.90 Å². The summed E-state index contributed by atoms with van der Waals surface area (Å²) < 4.78 is 0.931. The zero-order valence-electron chi connectivity index (χ0n) is 9.86. The van der Waals surface area contributed by atoms with E-state index in [1.165, 1.54) is 12.1 Å². The zero-order chi connectivity index (χ0) is 13.8. The number of anilines is 1. The molecule has 0 saturated carbocycles. The number of aromatic hydroxyl groups is 1. The van der Waals surface area contributed by atoms with Gasteiger partial charge in [-0.1, -0.05) is 39.7 Å². The Hall–Kier alpha value is -1.52. The number of carbonyl (C=O) groups excluding carboxylic acids is 1. The van der Waals surface area contributed by atoms with Gasteiger partial charge in [-0.2, -0.15) is 0 Å². The van der Waals surface area contributed by atoms with Crippen LogP contribution in [0.1, 0.15) is 5.56 Å². The van der Waals surface area contributed by atoms with Crippen molar-refractivity contribution in [3.05, 3.63) is 57.5 Å². The summed E-state index contributed by atoms with van der Waals surface area (Å²) in [4.78, 5) is 11.9. The minimum Gasteiger partial charge on any atom is -0.508 e. The number of rotatable bonds is 3. The Morgan fingerprint density at radius 3 is 2.74 bits per heavy atom. The average Bonchev–Trinajstić information content (AvgIpc) is 2.33. The molecule has 0 heterocycles. The van der Waals surface area contributed by atoms with Gasteiger partial charge in [-0.05, 0) is 29.8 Å².